The van der Waals surface area contributed by atoms with Crippen molar-refractivity contribution in [2.24, 2.45) is 15.9 Å². The number of hydrogen-bond acceptors (Lipinski definition) is 6. The standard InChI is InChI=1S/C24H33FN6O2/c1-2-16-10-21-22(29-23(16)32)9-15(12-26-21)14-30-5-7-31(8-6-30)17-3-4-19(27-13-17)24(33)28-20-11-18(20)25/h3-4,9,12,16-18,20-22H,2,5-8,10-11,13-14H2,1H3,(H,28,33)(H,29,32)/t16?,17?,18-,20+,21?,22?/m1/s1. The van der Waals surface area contributed by atoms with E-state index in [1.165, 1.54) is 5.57 Å². The fourth-order valence-corrected chi connectivity index (χ4v) is 5.10. The molecule has 3 fully saturated rings. The number of fused-ring (bicyclic) bond motifs is 1. The van der Waals surface area contributed by atoms with Gasteiger partial charge in [0.25, 0.3) is 5.91 Å². The van der Waals surface area contributed by atoms with Gasteiger partial charge in [0.15, 0.2) is 0 Å². The second-order valence-electron chi connectivity index (χ2n) is 9.76. The molecule has 8 nitrogen and oxygen atoms in total. The fraction of sp³-hybridized carbons (Fsp3) is 0.667. The van der Waals surface area contributed by atoms with E-state index in [2.05, 4.69) is 38.4 Å². The van der Waals surface area contributed by atoms with Gasteiger partial charge in [-0.25, -0.2) is 4.39 Å². The Morgan fingerprint density at radius 3 is 2.73 bits per heavy atom. The molecular formula is C24H33FN6O2. The Balaban J connectivity index is 1.07. The lowest BCUT2D eigenvalue weighted by Crippen LogP contribution is -2.53. The molecule has 9 heteroatoms. The molecule has 1 aliphatic carbocycles. The van der Waals surface area contributed by atoms with Crippen LogP contribution in [0.25, 0.3) is 0 Å². The van der Waals surface area contributed by atoms with Gasteiger partial charge >= 0.3 is 0 Å². The van der Waals surface area contributed by atoms with Gasteiger partial charge < -0.3 is 10.6 Å². The van der Waals surface area contributed by atoms with E-state index in [0.29, 0.717) is 18.7 Å². The third-order valence-electron chi connectivity index (χ3n) is 7.41. The molecule has 2 N–H and O–H groups in total. The Bertz CT molecular complexity index is 907. The van der Waals surface area contributed by atoms with Crippen LogP contribution in [0.5, 0.6) is 0 Å². The summed E-state index contributed by atoms with van der Waals surface area (Å²) in [7, 11) is 0. The van der Waals surface area contributed by atoms with Crippen LogP contribution in [0.1, 0.15) is 26.2 Å². The number of alkyl halides is 1. The van der Waals surface area contributed by atoms with E-state index in [4.69, 9.17) is 4.99 Å². The first-order valence-electron chi connectivity index (χ1n) is 12.2. The minimum atomic E-state index is -0.905. The number of rotatable bonds is 6. The van der Waals surface area contributed by atoms with Gasteiger partial charge in [-0.15, -0.1) is 0 Å². The zero-order chi connectivity index (χ0) is 22.9. The maximum atomic E-state index is 13.0. The van der Waals surface area contributed by atoms with Gasteiger partial charge in [0, 0.05) is 57.3 Å². The van der Waals surface area contributed by atoms with E-state index in [9.17, 15) is 14.0 Å². The van der Waals surface area contributed by atoms with Crippen molar-refractivity contribution in [1.29, 1.82) is 0 Å². The minimum Gasteiger partial charge on any atom is -0.347 e. The zero-order valence-electron chi connectivity index (χ0n) is 19.1. The molecule has 178 valence electrons. The fourth-order valence-electron chi connectivity index (χ4n) is 5.10. The molecule has 0 aromatic rings. The number of nitrogens with one attached hydrogen (secondary N) is 2. The molecule has 2 amide bonds. The van der Waals surface area contributed by atoms with Gasteiger partial charge in [-0.05, 0) is 24.5 Å². The summed E-state index contributed by atoms with van der Waals surface area (Å²) in [5, 5.41) is 5.82. The monoisotopic (exact) mass is 456 g/mol. The molecule has 4 unspecified atom stereocenters. The van der Waals surface area contributed by atoms with Crippen molar-refractivity contribution >= 4 is 23.7 Å². The van der Waals surface area contributed by atoms with Gasteiger partial charge in [-0.2, -0.15) is 0 Å². The number of piperazine rings is 1. The zero-order valence-corrected chi connectivity index (χ0v) is 19.1. The lowest BCUT2D eigenvalue weighted by molar-refractivity contribution is -0.127. The second kappa shape index (κ2) is 9.46. The summed E-state index contributed by atoms with van der Waals surface area (Å²) in [4.78, 5) is 38.4. The molecule has 0 radical (unpaired) electrons. The minimum absolute atomic E-state index is 0.0222. The third kappa shape index (κ3) is 5.09. The highest BCUT2D eigenvalue weighted by Gasteiger charge is 2.39. The van der Waals surface area contributed by atoms with E-state index < -0.39 is 6.17 Å². The highest BCUT2D eigenvalue weighted by atomic mass is 19.1. The van der Waals surface area contributed by atoms with E-state index >= 15 is 0 Å². The largest absolute Gasteiger partial charge is 0.347 e. The van der Waals surface area contributed by atoms with E-state index in [-0.39, 0.29) is 41.9 Å². The van der Waals surface area contributed by atoms with Crippen LogP contribution in [-0.4, -0.2) is 103 Å². The lowest BCUT2D eigenvalue weighted by Gasteiger charge is -2.39. The number of carbonyl (C=O) groups is 2. The molecule has 5 rings (SSSR count). The Morgan fingerprint density at radius 1 is 1.27 bits per heavy atom. The summed E-state index contributed by atoms with van der Waals surface area (Å²) in [5.74, 6) is -0.0393. The third-order valence-corrected chi connectivity index (χ3v) is 7.41. The summed E-state index contributed by atoms with van der Waals surface area (Å²) in [6, 6.07) is 0.0476. The Hall–Kier alpha value is -2.39. The second-order valence-corrected chi connectivity index (χ2v) is 9.76. The first kappa shape index (κ1) is 22.4. The summed E-state index contributed by atoms with van der Waals surface area (Å²) in [6.07, 6.45) is 9.20. The molecule has 4 aliphatic heterocycles. The lowest BCUT2D eigenvalue weighted by atomic mass is 9.86. The Kier molecular flexibility index (Phi) is 6.42. The van der Waals surface area contributed by atoms with E-state index in [0.717, 1.165) is 45.6 Å². The highest BCUT2D eigenvalue weighted by Crippen LogP contribution is 2.26. The van der Waals surface area contributed by atoms with Crippen molar-refractivity contribution in [3.05, 3.63) is 23.8 Å². The molecule has 33 heavy (non-hydrogen) atoms. The predicted molar refractivity (Wildman–Crippen MR) is 125 cm³/mol. The van der Waals surface area contributed by atoms with Crippen molar-refractivity contribution in [2.75, 3.05) is 39.3 Å². The van der Waals surface area contributed by atoms with Crippen molar-refractivity contribution < 1.29 is 14.0 Å². The molecule has 2 saturated heterocycles. The van der Waals surface area contributed by atoms with Crippen LogP contribution in [0.3, 0.4) is 0 Å². The van der Waals surface area contributed by atoms with E-state index in [1.54, 1.807) is 6.08 Å². The van der Waals surface area contributed by atoms with Crippen LogP contribution < -0.4 is 10.6 Å². The highest BCUT2D eigenvalue weighted by molar-refractivity contribution is 6.43. The van der Waals surface area contributed by atoms with Crippen molar-refractivity contribution in [1.82, 2.24) is 20.4 Å². The number of dihydropyridines is 2. The molecule has 0 aromatic carbocycles. The number of nitrogens with zero attached hydrogens (tertiary/aromatic N) is 4. The Morgan fingerprint density at radius 2 is 2.06 bits per heavy atom. The number of aliphatic imine (C=N–C) groups is 2. The van der Waals surface area contributed by atoms with Gasteiger partial charge in [0.1, 0.15) is 11.9 Å². The van der Waals surface area contributed by atoms with Crippen LogP contribution >= 0.6 is 0 Å². The topological polar surface area (TPSA) is 89.4 Å². The summed E-state index contributed by atoms with van der Waals surface area (Å²) in [5.41, 5.74) is 1.56. The normalized spacial score (nSPS) is 36.5. The van der Waals surface area contributed by atoms with Gasteiger partial charge in [-0.3, -0.25) is 29.4 Å². The average Bonchev–Trinajstić information content (AvgIpc) is 3.53. The van der Waals surface area contributed by atoms with Crippen LogP contribution in [0.4, 0.5) is 4.39 Å². The van der Waals surface area contributed by atoms with E-state index in [1.807, 2.05) is 12.3 Å². The number of piperidine rings is 1. The first-order valence-corrected chi connectivity index (χ1v) is 12.2. The van der Waals surface area contributed by atoms with Crippen LogP contribution in [0.15, 0.2) is 33.8 Å². The SMILES string of the molecule is CCC1CC2N=CC(CN3CCN(C4C=CC(C(=O)N[C@H]5C[C@H]5F)=NC4)CC3)=CC2NC1=O. The van der Waals surface area contributed by atoms with Crippen molar-refractivity contribution in [3.8, 4) is 0 Å². The Labute approximate surface area is 194 Å². The van der Waals surface area contributed by atoms with Gasteiger partial charge in [-0.1, -0.05) is 19.1 Å². The summed E-state index contributed by atoms with van der Waals surface area (Å²) < 4.78 is 13.0. The van der Waals surface area contributed by atoms with Gasteiger partial charge in [0.2, 0.25) is 5.91 Å². The molecule has 5 aliphatic rings. The maximum Gasteiger partial charge on any atom is 0.269 e. The predicted octanol–water partition coefficient (Wildman–Crippen LogP) is 0.504. The molecule has 0 aromatic heterocycles. The first-order chi connectivity index (χ1) is 16.0. The van der Waals surface area contributed by atoms with Crippen LogP contribution in [0, 0.1) is 5.92 Å². The number of amides is 2. The van der Waals surface area contributed by atoms with Gasteiger partial charge in [0.05, 0.1) is 24.7 Å². The molecule has 0 bridgehead atoms. The maximum absolute atomic E-state index is 13.0. The van der Waals surface area contributed by atoms with Crippen molar-refractivity contribution in [3.63, 3.8) is 0 Å². The van der Waals surface area contributed by atoms with Crippen LogP contribution in [-0.2, 0) is 9.59 Å². The molecule has 4 heterocycles. The molecule has 6 atom stereocenters. The van der Waals surface area contributed by atoms with Crippen molar-refractivity contribution in [2.45, 2.75) is 56.5 Å². The average molecular weight is 457 g/mol. The molecular weight excluding hydrogens is 423 g/mol. The number of halogens is 1. The molecule has 1 saturated carbocycles. The molecule has 0 spiro atoms. The number of carbonyl (C=O) groups excluding carboxylic acids is 2. The van der Waals surface area contributed by atoms with Crippen LogP contribution in [0.2, 0.25) is 0 Å². The smallest absolute Gasteiger partial charge is 0.269 e. The number of hydrogen-bond donors (Lipinski definition) is 2. The summed E-state index contributed by atoms with van der Waals surface area (Å²) in [6.45, 7) is 7.22. The quantitative estimate of drug-likeness (QED) is 0.609. The summed E-state index contributed by atoms with van der Waals surface area (Å²) >= 11 is 0.